The molecule has 1 aliphatic heterocycles. The van der Waals surface area contributed by atoms with Crippen molar-refractivity contribution in [3.05, 3.63) is 76.7 Å². The molecule has 0 radical (unpaired) electrons. The Hall–Kier alpha value is -3.61. The van der Waals surface area contributed by atoms with Crippen LogP contribution in [0.5, 0.6) is 5.75 Å². The number of amides is 1. The van der Waals surface area contributed by atoms with E-state index in [-0.39, 0.29) is 18.9 Å². The molecule has 2 heterocycles. The summed E-state index contributed by atoms with van der Waals surface area (Å²) in [6.45, 7) is 4.44. The predicted molar refractivity (Wildman–Crippen MR) is 114 cm³/mol. The predicted octanol–water partition coefficient (Wildman–Crippen LogP) is 3.55. The van der Waals surface area contributed by atoms with E-state index in [1.54, 1.807) is 17.0 Å². The third kappa shape index (κ3) is 4.77. The third-order valence-electron chi connectivity index (χ3n) is 5.38. The van der Waals surface area contributed by atoms with Crippen molar-refractivity contribution in [3.8, 4) is 5.75 Å². The summed E-state index contributed by atoms with van der Waals surface area (Å²) in [6, 6.07) is 15.0. The van der Waals surface area contributed by atoms with Crippen LogP contribution in [0.15, 0.2) is 53.1 Å². The molecular formula is C24H24N2O5. The summed E-state index contributed by atoms with van der Waals surface area (Å²) in [5.41, 5.74) is 4.56. The van der Waals surface area contributed by atoms with Crippen LogP contribution in [0.1, 0.15) is 28.1 Å². The van der Waals surface area contributed by atoms with Crippen molar-refractivity contribution in [1.82, 2.24) is 5.16 Å². The van der Waals surface area contributed by atoms with Crippen LogP contribution in [0.3, 0.4) is 0 Å². The highest BCUT2D eigenvalue weighted by Crippen LogP contribution is 2.27. The summed E-state index contributed by atoms with van der Waals surface area (Å²) in [5.74, 6) is 0.774. The second kappa shape index (κ2) is 9.04. The number of fused-ring (bicyclic) bond motifs is 1. The number of para-hydroxylation sites is 1. The average molecular weight is 420 g/mol. The molecule has 0 aliphatic carbocycles. The van der Waals surface area contributed by atoms with Crippen molar-refractivity contribution in [2.24, 2.45) is 0 Å². The summed E-state index contributed by atoms with van der Waals surface area (Å²) in [6.07, 6.45) is 0.911. The standard InChI is InChI=1S/C24H24N2O5/c1-16-21(17(2)31-25-16)14-29-20-9-7-18(8-10-20)13-24(28)30-15-23(27)26-12-11-19-5-3-4-6-22(19)26/h3-10H,11-15H2,1-2H3. The van der Waals surface area contributed by atoms with Gasteiger partial charge in [-0.15, -0.1) is 0 Å². The Morgan fingerprint density at radius 1 is 1.10 bits per heavy atom. The van der Waals surface area contributed by atoms with Gasteiger partial charge >= 0.3 is 5.97 Å². The molecule has 0 N–H and O–H groups in total. The van der Waals surface area contributed by atoms with Crippen LogP contribution in [-0.2, 0) is 33.8 Å². The van der Waals surface area contributed by atoms with E-state index in [9.17, 15) is 9.59 Å². The van der Waals surface area contributed by atoms with Crippen LogP contribution in [-0.4, -0.2) is 30.2 Å². The quantitative estimate of drug-likeness (QED) is 0.544. The molecule has 0 unspecified atom stereocenters. The first-order valence-electron chi connectivity index (χ1n) is 10.2. The molecule has 0 atom stereocenters. The molecule has 0 bridgehead atoms. The zero-order valence-corrected chi connectivity index (χ0v) is 17.6. The maximum atomic E-state index is 12.4. The smallest absolute Gasteiger partial charge is 0.310 e. The molecule has 0 saturated heterocycles. The second-order valence-corrected chi connectivity index (χ2v) is 7.50. The van der Waals surface area contributed by atoms with Gasteiger partial charge in [0.2, 0.25) is 0 Å². The Morgan fingerprint density at radius 3 is 2.61 bits per heavy atom. The Labute approximate surface area is 180 Å². The van der Waals surface area contributed by atoms with E-state index in [0.29, 0.717) is 18.9 Å². The van der Waals surface area contributed by atoms with E-state index in [1.807, 2.05) is 50.2 Å². The Kier molecular flexibility index (Phi) is 6.02. The van der Waals surface area contributed by atoms with Gasteiger partial charge in [0.25, 0.3) is 5.91 Å². The van der Waals surface area contributed by atoms with Crippen molar-refractivity contribution >= 4 is 17.6 Å². The molecule has 7 nitrogen and oxygen atoms in total. The van der Waals surface area contributed by atoms with E-state index in [2.05, 4.69) is 5.16 Å². The van der Waals surface area contributed by atoms with Gasteiger partial charge in [0.15, 0.2) is 6.61 Å². The van der Waals surface area contributed by atoms with E-state index in [4.69, 9.17) is 14.0 Å². The molecule has 1 aromatic heterocycles. The maximum absolute atomic E-state index is 12.4. The fourth-order valence-electron chi connectivity index (χ4n) is 3.60. The number of carbonyl (C=O) groups is 2. The highest BCUT2D eigenvalue weighted by molar-refractivity contribution is 5.97. The van der Waals surface area contributed by atoms with Gasteiger partial charge in [0.1, 0.15) is 18.1 Å². The fourth-order valence-corrected chi connectivity index (χ4v) is 3.60. The minimum absolute atomic E-state index is 0.0913. The molecule has 1 aliphatic rings. The van der Waals surface area contributed by atoms with Gasteiger partial charge in [-0.25, -0.2) is 0 Å². The van der Waals surface area contributed by atoms with Gasteiger partial charge in [-0.05, 0) is 49.6 Å². The number of ether oxygens (including phenoxy) is 2. The summed E-state index contributed by atoms with van der Waals surface area (Å²) < 4.78 is 16.1. The SMILES string of the molecule is Cc1noc(C)c1COc1ccc(CC(=O)OCC(=O)N2CCc3ccccc32)cc1. The number of anilines is 1. The molecule has 31 heavy (non-hydrogen) atoms. The number of nitrogens with zero attached hydrogens (tertiary/aromatic N) is 2. The van der Waals surface area contributed by atoms with Crippen molar-refractivity contribution < 1.29 is 23.6 Å². The molecule has 0 spiro atoms. The lowest BCUT2D eigenvalue weighted by Gasteiger charge is -2.17. The first-order chi connectivity index (χ1) is 15.0. The van der Waals surface area contributed by atoms with Crippen LogP contribution in [0.2, 0.25) is 0 Å². The fraction of sp³-hybridized carbons (Fsp3) is 0.292. The van der Waals surface area contributed by atoms with E-state index in [0.717, 1.165) is 40.3 Å². The Bertz CT molecular complexity index is 1070. The molecule has 0 fully saturated rings. The molecular weight excluding hydrogens is 396 g/mol. The number of esters is 1. The number of aromatic nitrogens is 1. The highest BCUT2D eigenvalue weighted by Gasteiger charge is 2.24. The van der Waals surface area contributed by atoms with E-state index in [1.165, 1.54) is 0 Å². The first-order valence-corrected chi connectivity index (χ1v) is 10.2. The monoisotopic (exact) mass is 420 g/mol. The topological polar surface area (TPSA) is 81.9 Å². The number of rotatable bonds is 7. The number of hydrogen-bond donors (Lipinski definition) is 0. The Balaban J connectivity index is 1.25. The van der Waals surface area contributed by atoms with Gasteiger partial charge in [0.05, 0.1) is 17.7 Å². The van der Waals surface area contributed by atoms with Crippen molar-refractivity contribution in [3.63, 3.8) is 0 Å². The van der Waals surface area contributed by atoms with Gasteiger partial charge in [-0.3, -0.25) is 9.59 Å². The maximum Gasteiger partial charge on any atom is 0.310 e. The number of benzene rings is 2. The molecule has 0 saturated carbocycles. The molecule has 3 aromatic rings. The summed E-state index contributed by atoms with van der Waals surface area (Å²) in [4.78, 5) is 26.3. The minimum Gasteiger partial charge on any atom is -0.489 e. The average Bonchev–Trinajstić information content (AvgIpc) is 3.35. The van der Waals surface area contributed by atoms with Crippen LogP contribution in [0.4, 0.5) is 5.69 Å². The molecule has 4 rings (SSSR count). The van der Waals surface area contributed by atoms with Gasteiger partial charge in [0, 0.05) is 12.2 Å². The highest BCUT2D eigenvalue weighted by atomic mass is 16.5. The lowest BCUT2D eigenvalue weighted by molar-refractivity contribution is -0.147. The van der Waals surface area contributed by atoms with Crippen LogP contribution >= 0.6 is 0 Å². The third-order valence-corrected chi connectivity index (χ3v) is 5.38. The minimum atomic E-state index is -0.440. The van der Waals surface area contributed by atoms with Crippen LogP contribution in [0.25, 0.3) is 0 Å². The van der Waals surface area contributed by atoms with Gasteiger partial charge in [-0.2, -0.15) is 0 Å². The molecule has 1 amide bonds. The van der Waals surface area contributed by atoms with Crippen molar-refractivity contribution in [2.45, 2.75) is 33.3 Å². The normalized spacial score (nSPS) is 12.5. The van der Waals surface area contributed by atoms with Crippen molar-refractivity contribution in [2.75, 3.05) is 18.1 Å². The zero-order valence-electron chi connectivity index (χ0n) is 17.6. The lowest BCUT2D eigenvalue weighted by Crippen LogP contribution is -2.33. The van der Waals surface area contributed by atoms with Crippen LogP contribution < -0.4 is 9.64 Å². The zero-order chi connectivity index (χ0) is 21.8. The largest absolute Gasteiger partial charge is 0.489 e. The van der Waals surface area contributed by atoms with Crippen LogP contribution in [0, 0.1) is 13.8 Å². The van der Waals surface area contributed by atoms with E-state index >= 15 is 0 Å². The summed E-state index contributed by atoms with van der Waals surface area (Å²) in [5, 5.41) is 3.91. The van der Waals surface area contributed by atoms with Gasteiger partial charge in [-0.1, -0.05) is 35.5 Å². The first kappa shape index (κ1) is 20.7. The number of hydrogen-bond acceptors (Lipinski definition) is 6. The second-order valence-electron chi connectivity index (χ2n) is 7.50. The molecule has 160 valence electrons. The van der Waals surface area contributed by atoms with E-state index < -0.39 is 5.97 Å². The van der Waals surface area contributed by atoms with Gasteiger partial charge < -0.3 is 18.9 Å². The molecule has 7 heteroatoms. The van der Waals surface area contributed by atoms with Crippen molar-refractivity contribution in [1.29, 1.82) is 0 Å². The summed E-state index contributed by atoms with van der Waals surface area (Å²) in [7, 11) is 0. The Morgan fingerprint density at radius 2 is 1.87 bits per heavy atom. The number of aryl methyl sites for hydroxylation is 2. The lowest BCUT2D eigenvalue weighted by atomic mass is 10.1. The summed E-state index contributed by atoms with van der Waals surface area (Å²) >= 11 is 0. The number of carbonyl (C=O) groups excluding carboxylic acids is 2. The molecule has 2 aromatic carbocycles.